The van der Waals surface area contributed by atoms with Crippen LogP contribution in [-0.2, 0) is 19.6 Å². The van der Waals surface area contributed by atoms with Crippen LogP contribution in [0, 0.1) is 5.92 Å². The Bertz CT molecular complexity index is 1110. The molecule has 9 heteroatoms. The summed E-state index contributed by atoms with van der Waals surface area (Å²) < 4.78 is 33.8. The van der Waals surface area contributed by atoms with Crippen LogP contribution in [-0.4, -0.2) is 66.9 Å². The number of nitrogens with zero attached hydrogens (tertiary/aromatic N) is 3. The molecule has 2 aromatic carbocycles. The summed E-state index contributed by atoms with van der Waals surface area (Å²) in [5.41, 5.74) is 1.04. The number of fused-ring (bicyclic) bond motifs is 1. The van der Waals surface area contributed by atoms with E-state index in [0.717, 1.165) is 22.2 Å². The van der Waals surface area contributed by atoms with E-state index < -0.39 is 10.0 Å². The normalized spacial score (nSPS) is 18.9. The number of rotatable bonds is 5. The van der Waals surface area contributed by atoms with E-state index >= 15 is 0 Å². The van der Waals surface area contributed by atoms with Gasteiger partial charge in [0.15, 0.2) is 0 Å². The molecule has 0 unspecified atom stereocenters. The number of hydrogen-bond acceptors (Lipinski definition) is 5. The summed E-state index contributed by atoms with van der Waals surface area (Å²) in [6.07, 6.45) is 3.69. The number of carboxylic acid groups (broad SMARTS) is 1. The number of aromatic nitrogens is 2. The molecule has 0 amide bonds. The van der Waals surface area contributed by atoms with E-state index in [0.29, 0.717) is 13.2 Å². The van der Waals surface area contributed by atoms with E-state index in [4.69, 9.17) is 14.6 Å². The predicted molar refractivity (Wildman–Crippen MR) is 115 cm³/mol. The van der Waals surface area contributed by atoms with Crippen LogP contribution in [0.5, 0.6) is 0 Å². The molecule has 4 rings (SSSR count). The molecule has 2 heterocycles. The van der Waals surface area contributed by atoms with Crippen LogP contribution in [0.4, 0.5) is 0 Å². The molecule has 0 bridgehead atoms. The fourth-order valence-electron chi connectivity index (χ4n) is 3.68. The fraction of sp³-hybridized carbons (Fsp3) is 0.333. The summed E-state index contributed by atoms with van der Waals surface area (Å²) in [5, 5.41) is 9.17. The first-order valence-corrected chi connectivity index (χ1v) is 11.1. The van der Waals surface area contributed by atoms with Crippen LogP contribution in [0.2, 0.25) is 0 Å². The van der Waals surface area contributed by atoms with Crippen molar-refractivity contribution in [1.82, 2.24) is 13.9 Å². The van der Waals surface area contributed by atoms with Crippen molar-refractivity contribution in [2.45, 2.75) is 6.04 Å². The van der Waals surface area contributed by atoms with Crippen LogP contribution < -0.4 is 0 Å². The van der Waals surface area contributed by atoms with E-state index in [-0.39, 0.29) is 24.2 Å². The zero-order valence-corrected chi connectivity index (χ0v) is 17.7. The minimum Gasteiger partial charge on any atom is -0.483 e. The number of carbonyl (C=O) groups is 1. The van der Waals surface area contributed by atoms with Gasteiger partial charge >= 0.3 is 0 Å². The van der Waals surface area contributed by atoms with Crippen LogP contribution >= 0.6 is 0 Å². The molecule has 1 fully saturated rings. The first-order chi connectivity index (χ1) is 14.4. The van der Waals surface area contributed by atoms with E-state index in [2.05, 4.69) is 33.8 Å². The Labute approximate surface area is 175 Å². The van der Waals surface area contributed by atoms with Crippen molar-refractivity contribution in [3.63, 3.8) is 0 Å². The maximum atomic E-state index is 12.4. The Kier molecular flexibility index (Phi) is 6.86. The SMILES string of the molecule is CN(C)S(=O)(=O)C[C@@H]1COC[C@H]1n1ccnc1-c1cccc2ccccc12.O=CO. The molecule has 1 aromatic heterocycles. The molecule has 1 aliphatic rings. The molecule has 0 spiro atoms. The number of imidazole rings is 1. The molecule has 0 aliphatic carbocycles. The first kappa shape index (κ1) is 21.9. The lowest BCUT2D eigenvalue weighted by Crippen LogP contribution is -2.32. The van der Waals surface area contributed by atoms with Gasteiger partial charge in [0.1, 0.15) is 5.82 Å². The Morgan fingerprint density at radius 3 is 2.63 bits per heavy atom. The third kappa shape index (κ3) is 4.53. The summed E-state index contributed by atoms with van der Waals surface area (Å²) in [4.78, 5) is 13.0. The second kappa shape index (κ2) is 9.38. The predicted octanol–water partition coefficient (Wildman–Crippen LogP) is 2.48. The zero-order chi connectivity index (χ0) is 21.7. The maximum absolute atomic E-state index is 12.4. The highest BCUT2D eigenvalue weighted by Crippen LogP contribution is 2.34. The van der Waals surface area contributed by atoms with Gasteiger partial charge in [0.2, 0.25) is 10.0 Å². The summed E-state index contributed by atoms with van der Waals surface area (Å²) in [6.45, 7) is 0.673. The molecule has 1 aliphatic heterocycles. The van der Waals surface area contributed by atoms with Crippen molar-refractivity contribution in [3.8, 4) is 11.4 Å². The standard InChI is InChI=1S/C20H23N3O3S.CH2O2/c1-22(2)27(24,25)14-16-12-26-13-19(16)23-11-10-21-20(23)18-9-5-7-15-6-3-4-8-17(15)18;2-1-3/h3-11,16,19H,12-14H2,1-2H3;1H,(H,2,3)/t16-,19+;/m0./s1. The highest BCUT2D eigenvalue weighted by atomic mass is 32.2. The van der Waals surface area contributed by atoms with E-state index in [1.165, 1.54) is 4.31 Å². The van der Waals surface area contributed by atoms with Crippen molar-refractivity contribution < 1.29 is 23.1 Å². The topological polar surface area (TPSA) is 102 Å². The minimum atomic E-state index is -3.30. The van der Waals surface area contributed by atoms with Gasteiger partial charge in [-0.2, -0.15) is 0 Å². The summed E-state index contributed by atoms with van der Waals surface area (Å²) in [5.74, 6) is 0.799. The molecule has 160 valence electrons. The molecule has 0 radical (unpaired) electrons. The lowest BCUT2D eigenvalue weighted by molar-refractivity contribution is -0.122. The van der Waals surface area contributed by atoms with Gasteiger partial charge in [0, 0.05) is 38.0 Å². The largest absolute Gasteiger partial charge is 0.483 e. The van der Waals surface area contributed by atoms with Crippen LogP contribution in [0.3, 0.4) is 0 Å². The average Bonchev–Trinajstić information content (AvgIpc) is 3.36. The third-order valence-corrected chi connectivity index (χ3v) is 7.16. The molecular weight excluding hydrogens is 406 g/mol. The van der Waals surface area contributed by atoms with Gasteiger partial charge < -0.3 is 14.4 Å². The highest BCUT2D eigenvalue weighted by molar-refractivity contribution is 7.89. The van der Waals surface area contributed by atoms with Crippen LogP contribution in [0.25, 0.3) is 22.2 Å². The number of benzene rings is 2. The average molecular weight is 432 g/mol. The molecule has 1 saturated heterocycles. The zero-order valence-electron chi connectivity index (χ0n) is 16.9. The molecular formula is C21H25N3O5S. The van der Waals surface area contributed by atoms with E-state index in [1.807, 2.05) is 24.4 Å². The highest BCUT2D eigenvalue weighted by Gasteiger charge is 2.35. The van der Waals surface area contributed by atoms with Crippen molar-refractivity contribution in [2.24, 2.45) is 5.92 Å². The van der Waals surface area contributed by atoms with E-state index in [1.54, 1.807) is 20.3 Å². The molecule has 0 saturated carbocycles. The number of sulfonamides is 1. The molecule has 2 atom stereocenters. The van der Waals surface area contributed by atoms with Gasteiger partial charge in [0.25, 0.3) is 6.47 Å². The smallest absolute Gasteiger partial charge is 0.290 e. The van der Waals surface area contributed by atoms with Gasteiger partial charge in [-0.05, 0) is 10.8 Å². The third-order valence-electron chi connectivity index (χ3n) is 5.20. The van der Waals surface area contributed by atoms with Crippen LogP contribution in [0.15, 0.2) is 54.9 Å². The monoisotopic (exact) mass is 431 g/mol. The van der Waals surface area contributed by atoms with Gasteiger partial charge in [0.05, 0.1) is 25.0 Å². The summed E-state index contributed by atoms with van der Waals surface area (Å²) >= 11 is 0. The summed E-state index contributed by atoms with van der Waals surface area (Å²) in [6, 6.07) is 14.3. The second-order valence-electron chi connectivity index (χ2n) is 7.22. The van der Waals surface area contributed by atoms with Crippen molar-refractivity contribution in [2.75, 3.05) is 33.1 Å². The Morgan fingerprint density at radius 2 is 1.90 bits per heavy atom. The van der Waals surface area contributed by atoms with Gasteiger partial charge in [-0.25, -0.2) is 17.7 Å². The minimum absolute atomic E-state index is 0.0591. The molecule has 3 aromatic rings. The Balaban J connectivity index is 0.000000806. The van der Waals surface area contributed by atoms with Crippen molar-refractivity contribution in [3.05, 3.63) is 54.9 Å². The first-order valence-electron chi connectivity index (χ1n) is 9.45. The lowest BCUT2D eigenvalue weighted by atomic mass is 10.0. The van der Waals surface area contributed by atoms with Gasteiger partial charge in [-0.3, -0.25) is 4.79 Å². The number of ether oxygens (including phenoxy) is 1. The Morgan fingerprint density at radius 1 is 1.20 bits per heavy atom. The molecule has 1 N–H and O–H groups in total. The molecule has 8 nitrogen and oxygen atoms in total. The molecule has 30 heavy (non-hydrogen) atoms. The fourth-order valence-corrected chi connectivity index (χ4v) is 4.84. The lowest BCUT2D eigenvalue weighted by Gasteiger charge is -2.23. The maximum Gasteiger partial charge on any atom is 0.290 e. The Hall–Kier alpha value is -2.75. The van der Waals surface area contributed by atoms with Gasteiger partial charge in [-0.15, -0.1) is 0 Å². The second-order valence-corrected chi connectivity index (χ2v) is 9.44. The quantitative estimate of drug-likeness (QED) is 0.623. The van der Waals surface area contributed by atoms with Crippen LogP contribution in [0.1, 0.15) is 6.04 Å². The van der Waals surface area contributed by atoms with Crippen molar-refractivity contribution in [1.29, 1.82) is 0 Å². The summed E-state index contributed by atoms with van der Waals surface area (Å²) in [7, 11) is -0.161. The number of hydrogen-bond donors (Lipinski definition) is 1. The van der Waals surface area contributed by atoms with Gasteiger partial charge in [-0.1, -0.05) is 42.5 Å². The van der Waals surface area contributed by atoms with E-state index in [9.17, 15) is 8.42 Å². The van der Waals surface area contributed by atoms with Crippen molar-refractivity contribution >= 4 is 27.3 Å².